The van der Waals surface area contributed by atoms with E-state index >= 15 is 0 Å². The van der Waals surface area contributed by atoms with Crippen LogP contribution in [0.5, 0.6) is 0 Å². The highest BCUT2D eigenvalue weighted by Crippen LogP contribution is 2.36. The van der Waals surface area contributed by atoms with E-state index in [1.807, 2.05) is 50.2 Å². The lowest BCUT2D eigenvalue weighted by Gasteiger charge is -2.28. The summed E-state index contributed by atoms with van der Waals surface area (Å²) in [6.07, 6.45) is 6.69. The highest BCUT2D eigenvalue weighted by molar-refractivity contribution is 6.05. The minimum Gasteiger partial charge on any atom is -0.328 e. The van der Waals surface area contributed by atoms with Crippen LogP contribution in [-0.4, -0.2) is 30.6 Å². The van der Waals surface area contributed by atoms with E-state index in [4.69, 9.17) is 10.1 Å². The SMILES string of the molecule is CC1=C(C(=O)Nc2cccnc2)C(c2ccncc2)n2nc(-c3ccc(C)cc3)nc2N1. The van der Waals surface area contributed by atoms with Crippen molar-refractivity contribution in [3.8, 4) is 11.4 Å². The first-order valence-electron chi connectivity index (χ1n) is 10.2. The van der Waals surface area contributed by atoms with Crippen LogP contribution < -0.4 is 10.6 Å². The van der Waals surface area contributed by atoms with Gasteiger partial charge in [-0.1, -0.05) is 29.8 Å². The van der Waals surface area contributed by atoms with Crippen molar-refractivity contribution in [2.45, 2.75) is 19.9 Å². The third kappa shape index (κ3) is 3.62. The molecule has 0 saturated carbocycles. The molecule has 1 unspecified atom stereocenters. The van der Waals surface area contributed by atoms with Crippen molar-refractivity contribution in [2.24, 2.45) is 0 Å². The monoisotopic (exact) mass is 423 g/mol. The zero-order valence-electron chi connectivity index (χ0n) is 17.6. The van der Waals surface area contributed by atoms with E-state index in [9.17, 15) is 4.79 Å². The molecular weight excluding hydrogens is 402 g/mol. The summed E-state index contributed by atoms with van der Waals surface area (Å²) in [6, 6.07) is 14.9. The molecule has 158 valence electrons. The first kappa shape index (κ1) is 19.6. The van der Waals surface area contributed by atoms with E-state index in [0.717, 1.165) is 16.7 Å². The maximum Gasteiger partial charge on any atom is 0.255 e. The molecule has 0 radical (unpaired) electrons. The second kappa shape index (κ2) is 8.07. The number of nitrogens with one attached hydrogen (secondary N) is 2. The van der Waals surface area contributed by atoms with Gasteiger partial charge in [-0.2, -0.15) is 4.98 Å². The lowest BCUT2D eigenvalue weighted by Crippen LogP contribution is -2.31. The quantitative estimate of drug-likeness (QED) is 0.515. The molecule has 32 heavy (non-hydrogen) atoms. The van der Waals surface area contributed by atoms with E-state index in [1.165, 1.54) is 0 Å². The number of anilines is 2. The Morgan fingerprint density at radius 3 is 2.50 bits per heavy atom. The average molecular weight is 423 g/mol. The van der Waals surface area contributed by atoms with Gasteiger partial charge in [-0.15, -0.1) is 5.10 Å². The van der Waals surface area contributed by atoms with Gasteiger partial charge in [0.05, 0.1) is 17.5 Å². The summed E-state index contributed by atoms with van der Waals surface area (Å²) in [7, 11) is 0. The molecule has 4 heterocycles. The molecule has 1 aromatic carbocycles. The summed E-state index contributed by atoms with van der Waals surface area (Å²) in [5.41, 5.74) is 4.84. The van der Waals surface area contributed by atoms with Crippen LogP contribution in [0.15, 0.2) is 84.6 Å². The van der Waals surface area contributed by atoms with Crippen molar-refractivity contribution >= 4 is 17.5 Å². The molecule has 0 bridgehead atoms. The van der Waals surface area contributed by atoms with Gasteiger partial charge >= 0.3 is 0 Å². The topological polar surface area (TPSA) is 97.6 Å². The van der Waals surface area contributed by atoms with Crippen molar-refractivity contribution in [1.82, 2.24) is 24.7 Å². The molecule has 2 N–H and O–H groups in total. The molecule has 0 spiro atoms. The van der Waals surface area contributed by atoms with Crippen molar-refractivity contribution < 1.29 is 4.79 Å². The number of aromatic nitrogens is 5. The molecular formula is C24H21N7O. The van der Waals surface area contributed by atoms with E-state index < -0.39 is 6.04 Å². The highest BCUT2D eigenvalue weighted by atomic mass is 16.1. The Hall–Kier alpha value is -4.33. The maximum absolute atomic E-state index is 13.4. The predicted octanol–water partition coefficient (Wildman–Crippen LogP) is 3.97. The minimum atomic E-state index is -0.461. The van der Waals surface area contributed by atoms with Gasteiger partial charge in [-0.05, 0) is 43.7 Å². The number of amides is 1. The number of allylic oxidation sites excluding steroid dienone is 1. The van der Waals surface area contributed by atoms with Gasteiger partial charge in [0.15, 0.2) is 5.82 Å². The standard InChI is InChI=1S/C24H21N7O/c1-15-5-7-18(8-6-15)22-29-24-27-16(2)20(23(32)28-19-4-3-11-26-14-19)21(31(24)30-22)17-9-12-25-13-10-17/h3-14,21H,1-2H3,(H,28,32)(H,27,29,30). The fraction of sp³-hybridized carbons (Fsp3) is 0.125. The number of pyridine rings is 2. The third-order valence-corrected chi connectivity index (χ3v) is 5.35. The summed E-state index contributed by atoms with van der Waals surface area (Å²) in [6.45, 7) is 3.91. The van der Waals surface area contributed by atoms with Gasteiger partial charge in [0.2, 0.25) is 5.95 Å². The molecule has 0 saturated heterocycles. The molecule has 1 amide bonds. The lowest BCUT2D eigenvalue weighted by atomic mass is 9.96. The number of hydrogen-bond donors (Lipinski definition) is 2. The molecule has 4 aromatic rings. The van der Waals surface area contributed by atoms with Gasteiger partial charge in [0.25, 0.3) is 5.91 Å². The molecule has 1 aliphatic heterocycles. The van der Waals surface area contributed by atoms with E-state index in [2.05, 4.69) is 20.6 Å². The molecule has 0 fully saturated rings. The fourth-order valence-electron chi connectivity index (χ4n) is 3.76. The second-order valence-corrected chi connectivity index (χ2v) is 7.61. The van der Waals surface area contributed by atoms with E-state index in [1.54, 1.807) is 41.6 Å². The molecule has 1 atom stereocenters. The van der Waals surface area contributed by atoms with E-state index in [-0.39, 0.29) is 5.91 Å². The number of benzene rings is 1. The normalized spacial score (nSPS) is 15.1. The zero-order valence-corrected chi connectivity index (χ0v) is 17.6. The van der Waals surface area contributed by atoms with Crippen LogP contribution in [0.4, 0.5) is 11.6 Å². The summed E-state index contributed by atoms with van der Waals surface area (Å²) in [5, 5.41) is 11.0. The predicted molar refractivity (Wildman–Crippen MR) is 122 cm³/mol. The van der Waals surface area contributed by atoms with Crippen LogP contribution >= 0.6 is 0 Å². The Bertz CT molecular complexity index is 1300. The number of carbonyl (C=O) groups is 1. The second-order valence-electron chi connectivity index (χ2n) is 7.61. The largest absolute Gasteiger partial charge is 0.328 e. The Balaban J connectivity index is 1.59. The molecule has 8 nitrogen and oxygen atoms in total. The molecule has 3 aromatic heterocycles. The number of rotatable bonds is 4. The number of carbonyl (C=O) groups excluding carboxylic acids is 1. The molecule has 5 rings (SSSR count). The molecule has 1 aliphatic rings. The summed E-state index contributed by atoms with van der Waals surface area (Å²) >= 11 is 0. The Labute approximate surface area is 185 Å². The average Bonchev–Trinajstić information content (AvgIpc) is 3.23. The highest BCUT2D eigenvalue weighted by Gasteiger charge is 2.34. The van der Waals surface area contributed by atoms with Crippen LogP contribution in [0.1, 0.15) is 24.1 Å². The van der Waals surface area contributed by atoms with Gasteiger partial charge in [0.1, 0.15) is 6.04 Å². The van der Waals surface area contributed by atoms with Crippen LogP contribution in [0.25, 0.3) is 11.4 Å². The Morgan fingerprint density at radius 2 is 1.78 bits per heavy atom. The number of aryl methyl sites for hydroxylation is 1. The molecule has 8 heteroatoms. The lowest BCUT2D eigenvalue weighted by molar-refractivity contribution is -0.113. The van der Waals surface area contributed by atoms with E-state index in [0.29, 0.717) is 28.7 Å². The van der Waals surface area contributed by atoms with Crippen molar-refractivity contribution in [3.63, 3.8) is 0 Å². The van der Waals surface area contributed by atoms with Crippen LogP contribution in [-0.2, 0) is 4.79 Å². The van der Waals surface area contributed by atoms with Gasteiger partial charge in [-0.25, -0.2) is 4.68 Å². The van der Waals surface area contributed by atoms with Crippen molar-refractivity contribution in [2.75, 3.05) is 10.6 Å². The van der Waals surface area contributed by atoms with Crippen molar-refractivity contribution in [1.29, 1.82) is 0 Å². The van der Waals surface area contributed by atoms with Crippen LogP contribution in [0.2, 0.25) is 0 Å². The van der Waals surface area contributed by atoms with Gasteiger partial charge in [-0.3, -0.25) is 14.8 Å². The zero-order chi connectivity index (χ0) is 22.1. The van der Waals surface area contributed by atoms with Gasteiger partial charge < -0.3 is 10.6 Å². The smallest absolute Gasteiger partial charge is 0.255 e. The first-order chi connectivity index (χ1) is 15.6. The summed E-state index contributed by atoms with van der Waals surface area (Å²) in [4.78, 5) is 26.3. The Morgan fingerprint density at radius 1 is 1.00 bits per heavy atom. The molecule has 0 aliphatic carbocycles. The van der Waals surface area contributed by atoms with Gasteiger partial charge in [0, 0.05) is 29.9 Å². The van der Waals surface area contributed by atoms with Crippen LogP contribution in [0, 0.1) is 6.92 Å². The fourth-order valence-corrected chi connectivity index (χ4v) is 3.76. The summed E-state index contributed by atoms with van der Waals surface area (Å²) in [5.74, 6) is 0.939. The minimum absolute atomic E-state index is 0.233. The number of nitrogens with zero attached hydrogens (tertiary/aromatic N) is 5. The number of fused-ring (bicyclic) bond motifs is 1. The third-order valence-electron chi connectivity index (χ3n) is 5.35. The van der Waals surface area contributed by atoms with Crippen LogP contribution in [0.3, 0.4) is 0 Å². The first-order valence-corrected chi connectivity index (χ1v) is 10.2. The van der Waals surface area contributed by atoms with Crippen molar-refractivity contribution in [3.05, 3.63) is 95.7 Å². The maximum atomic E-state index is 13.4. The summed E-state index contributed by atoms with van der Waals surface area (Å²) < 4.78 is 1.76. The Kier molecular flexibility index (Phi) is 4.95. The number of hydrogen-bond acceptors (Lipinski definition) is 6.